The van der Waals surface area contributed by atoms with Crippen LogP contribution in [0.5, 0.6) is 0 Å². The Kier molecular flexibility index (Phi) is 4.75. The minimum atomic E-state index is -0.00377. The normalized spacial score (nSPS) is 11.4. The first-order valence-corrected chi connectivity index (χ1v) is 6.69. The van der Waals surface area contributed by atoms with Gasteiger partial charge in [-0.1, -0.05) is 36.7 Å². The van der Waals surface area contributed by atoms with Gasteiger partial charge in [-0.05, 0) is 42.5 Å². The maximum Gasteiger partial charge on any atom is 0.251 e. The summed E-state index contributed by atoms with van der Waals surface area (Å²) in [5, 5.41) is 2.98. The van der Waals surface area contributed by atoms with Crippen LogP contribution >= 0.6 is 15.9 Å². The smallest absolute Gasteiger partial charge is 0.251 e. The second-order valence-electron chi connectivity index (χ2n) is 5.22. The summed E-state index contributed by atoms with van der Waals surface area (Å²) in [4.78, 5) is 12.0. The van der Waals surface area contributed by atoms with E-state index in [1.165, 1.54) is 0 Å². The lowest BCUT2D eigenvalue weighted by Crippen LogP contribution is -2.33. The third kappa shape index (κ3) is 4.50. The average Bonchev–Trinajstić information content (AvgIpc) is 2.24. The Labute approximate surface area is 112 Å². The first kappa shape index (κ1) is 14.2. The zero-order chi connectivity index (χ0) is 13.1. The zero-order valence-electron chi connectivity index (χ0n) is 10.9. The van der Waals surface area contributed by atoms with E-state index in [0.717, 1.165) is 16.5 Å². The van der Waals surface area contributed by atoms with E-state index in [1.54, 1.807) is 0 Å². The van der Waals surface area contributed by atoms with Gasteiger partial charge in [0.2, 0.25) is 0 Å². The van der Waals surface area contributed by atoms with Gasteiger partial charge in [-0.2, -0.15) is 0 Å². The van der Waals surface area contributed by atoms with Gasteiger partial charge in [-0.3, -0.25) is 4.79 Å². The molecule has 0 radical (unpaired) electrons. The number of carbonyl (C=O) groups excluding carboxylic acids is 1. The van der Waals surface area contributed by atoms with Crippen molar-refractivity contribution in [2.24, 2.45) is 5.41 Å². The molecule has 0 heterocycles. The van der Waals surface area contributed by atoms with Gasteiger partial charge in [0.25, 0.3) is 5.91 Å². The highest BCUT2D eigenvalue weighted by molar-refractivity contribution is 9.10. The molecule has 1 aromatic carbocycles. The molecule has 17 heavy (non-hydrogen) atoms. The molecule has 94 valence electrons. The van der Waals surface area contributed by atoms with Crippen LogP contribution in [0.1, 0.15) is 43.1 Å². The Morgan fingerprint density at radius 3 is 2.53 bits per heavy atom. The highest BCUT2D eigenvalue weighted by atomic mass is 79.9. The molecule has 0 saturated carbocycles. The number of hydrogen-bond donors (Lipinski definition) is 1. The van der Waals surface area contributed by atoms with E-state index in [1.807, 2.05) is 25.1 Å². The number of benzene rings is 1. The van der Waals surface area contributed by atoms with Crippen LogP contribution in [0.3, 0.4) is 0 Å². The largest absolute Gasteiger partial charge is 0.352 e. The number of nitrogens with one attached hydrogen (secondary N) is 1. The van der Waals surface area contributed by atoms with Crippen LogP contribution in [0.2, 0.25) is 0 Å². The molecule has 0 bridgehead atoms. The van der Waals surface area contributed by atoms with Crippen molar-refractivity contribution < 1.29 is 4.79 Å². The predicted molar refractivity (Wildman–Crippen MR) is 75.3 cm³/mol. The highest BCUT2D eigenvalue weighted by Gasteiger charge is 2.16. The summed E-state index contributed by atoms with van der Waals surface area (Å²) in [6.45, 7) is 9.12. The second kappa shape index (κ2) is 5.67. The van der Waals surface area contributed by atoms with E-state index >= 15 is 0 Å². The van der Waals surface area contributed by atoms with Crippen LogP contribution in [0.15, 0.2) is 22.7 Å². The minimum absolute atomic E-state index is 0.00377. The quantitative estimate of drug-likeness (QED) is 0.896. The summed E-state index contributed by atoms with van der Waals surface area (Å²) in [5.74, 6) is -0.00377. The summed E-state index contributed by atoms with van der Waals surface area (Å²) < 4.78 is 0.942. The van der Waals surface area contributed by atoms with Crippen LogP contribution in [-0.4, -0.2) is 12.5 Å². The van der Waals surface area contributed by atoms with Crippen molar-refractivity contribution in [1.82, 2.24) is 5.32 Å². The van der Waals surface area contributed by atoms with Crippen molar-refractivity contribution in [2.75, 3.05) is 6.54 Å². The molecule has 0 atom stereocenters. The van der Waals surface area contributed by atoms with Gasteiger partial charge in [-0.25, -0.2) is 0 Å². The van der Waals surface area contributed by atoms with E-state index in [-0.39, 0.29) is 11.3 Å². The lowest BCUT2D eigenvalue weighted by atomic mass is 9.90. The average molecular weight is 298 g/mol. The molecule has 0 unspecified atom stereocenters. The lowest BCUT2D eigenvalue weighted by molar-refractivity contribution is 0.0935. The van der Waals surface area contributed by atoms with Crippen LogP contribution in [0.25, 0.3) is 0 Å². The molecule has 1 N–H and O–H groups in total. The molecule has 1 rings (SSSR count). The van der Waals surface area contributed by atoms with Gasteiger partial charge in [0, 0.05) is 16.6 Å². The highest BCUT2D eigenvalue weighted by Crippen LogP contribution is 2.19. The fraction of sp³-hybridized carbons (Fsp3) is 0.500. The van der Waals surface area contributed by atoms with Gasteiger partial charge in [0.1, 0.15) is 0 Å². The fourth-order valence-electron chi connectivity index (χ4n) is 1.41. The third-order valence-corrected chi connectivity index (χ3v) is 3.45. The van der Waals surface area contributed by atoms with Crippen molar-refractivity contribution in [3.63, 3.8) is 0 Å². The summed E-state index contributed by atoms with van der Waals surface area (Å²) >= 11 is 3.41. The molecular weight excluding hydrogens is 278 g/mol. The number of carbonyl (C=O) groups is 1. The van der Waals surface area contributed by atoms with E-state index < -0.39 is 0 Å². The van der Waals surface area contributed by atoms with Gasteiger partial charge >= 0.3 is 0 Å². The van der Waals surface area contributed by atoms with E-state index in [4.69, 9.17) is 0 Å². The standard InChI is InChI=1S/C14H20BrNO/c1-5-14(3,4)9-16-13(17)11-6-10(2)7-12(15)8-11/h6-8H,5,9H2,1-4H3,(H,16,17). The molecule has 0 aliphatic carbocycles. The first-order valence-electron chi connectivity index (χ1n) is 5.89. The minimum Gasteiger partial charge on any atom is -0.352 e. The van der Waals surface area contributed by atoms with Crippen LogP contribution in [0.4, 0.5) is 0 Å². The maximum absolute atomic E-state index is 12.0. The van der Waals surface area contributed by atoms with Crippen molar-refractivity contribution in [1.29, 1.82) is 0 Å². The summed E-state index contributed by atoms with van der Waals surface area (Å²) in [6, 6.07) is 5.74. The number of hydrogen-bond acceptors (Lipinski definition) is 1. The Hall–Kier alpha value is -0.830. The zero-order valence-corrected chi connectivity index (χ0v) is 12.5. The summed E-state index contributed by atoms with van der Waals surface area (Å²) in [5.41, 5.74) is 1.94. The van der Waals surface area contributed by atoms with E-state index in [0.29, 0.717) is 12.1 Å². The third-order valence-electron chi connectivity index (χ3n) is 2.99. The van der Waals surface area contributed by atoms with Gasteiger partial charge < -0.3 is 5.32 Å². The lowest BCUT2D eigenvalue weighted by Gasteiger charge is -2.22. The molecule has 1 amide bonds. The fourth-order valence-corrected chi connectivity index (χ4v) is 2.02. The molecule has 0 fully saturated rings. The monoisotopic (exact) mass is 297 g/mol. The Balaban J connectivity index is 2.70. The van der Waals surface area contributed by atoms with Crippen molar-refractivity contribution >= 4 is 21.8 Å². The predicted octanol–water partition coefficient (Wildman–Crippen LogP) is 3.92. The van der Waals surface area contributed by atoms with Crippen LogP contribution < -0.4 is 5.32 Å². The number of amides is 1. The van der Waals surface area contributed by atoms with E-state index in [2.05, 4.69) is 42.0 Å². The molecule has 3 heteroatoms. The van der Waals surface area contributed by atoms with Gasteiger partial charge in [0.15, 0.2) is 0 Å². The molecule has 0 aliphatic rings. The summed E-state index contributed by atoms with van der Waals surface area (Å²) in [7, 11) is 0. The Bertz CT molecular complexity index is 392. The van der Waals surface area contributed by atoms with Crippen molar-refractivity contribution in [3.05, 3.63) is 33.8 Å². The Morgan fingerprint density at radius 2 is 2.00 bits per heavy atom. The number of aryl methyl sites for hydroxylation is 1. The SMILES string of the molecule is CCC(C)(C)CNC(=O)c1cc(C)cc(Br)c1. The molecule has 1 aromatic rings. The molecule has 2 nitrogen and oxygen atoms in total. The maximum atomic E-state index is 12.0. The molecule has 0 aromatic heterocycles. The second-order valence-corrected chi connectivity index (χ2v) is 6.13. The Morgan fingerprint density at radius 1 is 1.35 bits per heavy atom. The van der Waals surface area contributed by atoms with E-state index in [9.17, 15) is 4.79 Å². The molecular formula is C14H20BrNO. The number of halogens is 1. The topological polar surface area (TPSA) is 29.1 Å². The molecule has 0 spiro atoms. The van der Waals surface area contributed by atoms with Crippen molar-refractivity contribution in [3.8, 4) is 0 Å². The summed E-state index contributed by atoms with van der Waals surface area (Å²) in [6.07, 6.45) is 1.05. The van der Waals surface area contributed by atoms with Crippen molar-refractivity contribution in [2.45, 2.75) is 34.1 Å². The van der Waals surface area contributed by atoms with Crippen LogP contribution in [-0.2, 0) is 0 Å². The first-order chi connectivity index (χ1) is 7.84. The van der Waals surface area contributed by atoms with Gasteiger partial charge in [-0.15, -0.1) is 0 Å². The number of rotatable bonds is 4. The van der Waals surface area contributed by atoms with Gasteiger partial charge in [0.05, 0.1) is 0 Å². The van der Waals surface area contributed by atoms with Crippen LogP contribution in [0, 0.1) is 12.3 Å². The molecule has 0 aliphatic heterocycles. The molecule has 0 saturated heterocycles.